The Labute approximate surface area is 197 Å². The predicted octanol–water partition coefficient (Wildman–Crippen LogP) is 1.18. The van der Waals surface area contributed by atoms with Gasteiger partial charge in [0.2, 0.25) is 6.79 Å². The van der Waals surface area contributed by atoms with Crippen LogP contribution in [0, 0.1) is 0 Å². The Kier molecular flexibility index (Phi) is 6.37. The van der Waals surface area contributed by atoms with Crippen molar-refractivity contribution in [1.82, 2.24) is 0 Å². The number of hydrogen-bond acceptors (Lipinski definition) is 5. The molecule has 7 heteroatoms. The first-order valence-corrected chi connectivity index (χ1v) is 10.5. The van der Waals surface area contributed by atoms with Gasteiger partial charge in [0.1, 0.15) is 6.54 Å². The molecule has 0 N–H and O–H groups in total. The fraction of sp³-hybridized carbons (Fsp3) is 0.280. The molecule has 0 spiro atoms. The smallest absolute Gasteiger partial charge is 0.338 e. The molecule has 0 saturated heterocycles. The number of fused-ring (bicyclic) bond motifs is 2. The minimum absolute atomic E-state index is 0. The van der Waals surface area contributed by atoms with Crippen molar-refractivity contribution < 1.29 is 45.0 Å². The van der Waals surface area contributed by atoms with Gasteiger partial charge < -0.3 is 35.6 Å². The van der Waals surface area contributed by atoms with Crippen LogP contribution < -0.4 is 26.5 Å². The SMILES string of the molecule is CC(C)OC(=O)c1ccc(C[N+]2=C(c3ccco3)c3cc4c(cc3CC2)OCO4)cc1.[Br-]. The molecular weight excluding hydrogens is 474 g/mol. The zero-order valence-corrected chi connectivity index (χ0v) is 19.6. The van der Waals surface area contributed by atoms with Crippen LogP contribution in [0.2, 0.25) is 0 Å². The average Bonchev–Trinajstić information content (AvgIpc) is 3.44. The molecule has 2 aliphatic heterocycles. The second-order valence-corrected chi connectivity index (χ2v) is 8.01. The van der Waals surface area contributed by atoms with Gasteiger partial charge in [-0.1, -0.05) is 12.1 Å². The second kappa shape index (κ2) is 9.20. The molecule has 0 fully saturated rings. The lowest BCUT2D eigenvalue weighted by molar-refractivity contribution is -0.544. The third-order valence-electron chi connectivity index (χ3n) is 5.48. The van der Waals surface area contributed by atoms with Crippen molar-refractivity contribution in [2.75, 3.05) is 13.3 Å². The number of nitrogens with zero attached hydrogens (tertiary/aromatic N) is 1. The molecule has 2 aromatic carbocycles. The van der Waals surface area contributed by atoms with E-state index in [0.29, 0.717) is 12.1 Å². The van der Waals surface area contributed by atoms with E-state index in [1.807, 2.05) is 56.3 Å². The highest BCUT2D eigenvalue weighted by Crippen LogP contribution is 2.37. The molecule has 5 rings (SSSR count). The van der Waals surface area contributed by atoms with Crippen molar-refractivity contribution in [3.8, 4) is 11.5 Å². The van der Waals surface area contributed by atoms with Gasteiger partial charge in [0, 0.05) is 12.0 Å². The monoisotopic (exact) mass is 497 g/mol. The second-order valence-electron chi connectivity index (χ2n) is 8.01. The molecule has 0 radical (unpaired) electrons. The quantitative estimate of drug-likeness (QED) is 0.391. The number of hydrogen-bond donors (Lipinski definition) is 0. The molecule has 3 heterocycles. The molecule has 0 aliphatic carbocycles. The highest BCUT2D eigenvalue weighted by atomic mass is 79.9. The van der Waals surface area contributed by atoms with Gasteiger partial charge in [-0.15, -0.1) is 0 Å². The highest BCUT2D eigenvalue weighted by molar-refractivity contribution is 6.09. The van der Waals surface area contributed by atoms with Gasteiger partial charge in [0.05, 0.1) is 23.5 Å². The van der Waals surface area contributed by atoms with E-state index in [-0.39, 0.29) is 35.8 Å². The molecular formula is C25H24BrNO5. The molecule has 0 unspecified atom stereocenters. The van der Waals surface area contributed by atoms with Crippen molar-refractivity contribution >= 4 is 11.7 Å². The lowest BCUT2D eigenvalue weighted by Gasteiger charge is -2.18. The standard InChI is InChI=1S/C25H24NO5.BrH/c1-16(2)31-25(27)18-7-5-17(6-8-18)14-26-10-9-19-12-22-23(30-15-29-22)13-20(19)24(26)21-4-3-11-28-21;/h3-8,11-13,16H,9-10,14-15H2,1-2H3;1H/q+1;/p-1. The Hall–Kier alpha value is -3.06. The summed E-state index contributed by atoms with van der Waals surface area (Å²) in [5.41, 5.74) is 5.02. The van der Waals surface area contributed by atoms with E-state index in [2.05, 4.69) is 10.6 Å². The number of halogens is 1. The number of carbonyl (C=O) groups is 1. The number of rotatable bonds is 5. The van der Waals surface area contributed by atoms with E-state index in [9.17, 15) is 4.79 Å². The van der Waals surface area contributed by atoms with Crippen LogP contribution >= 0.6 is 0 Å². The Morgan fingerprint density at radius 2 is 1.84 bits per heavy atom. The van der Waals surface area contributed by atoms with Gasteiger partial charge in [-0.05, 0) is 55.8 Å². The van der Waals surface area contributed by atoms with Crippen molar-refractivity contribution in [2.45, 2.75) is 32.9 Å². The number of ether oxygens (including phenoxy) is 3. The third-order valence-corrected chi connectivity index (χ3v) is 5.48. The molecule has 2 aliphatic rings. The fourth-order valence-electron chi connectivity index (χ4n) is 4.06. The Balaban J connectivity index is 0.00000245. The number of esters is 1. The van der Waals surface area contributed by atoms with Crippen LogP contribution in [0.3, 0.4) is 0 Å². The summed E-state index contributed by atoms with van der Waals surface area (Å²) in [5, 5.41) is 0. The van der Waals surface area contributed by atoms with Gasteiger partial charge in [-0.2, -0.15) is 0 Å². The minimum Gasteiger partial charge on any atom is -1.00 e. The largest absolute Gasteiger partial charge is 1.00 e. The van der Waals surface area contributed by atoms with Crippen LogP contribution in [-0.2, 0) is 17.7 Å². The van der Waals surface area contributed by atoms with Gasteiger partial charge in [0.15, 0.2) is 23.8 Å². The average molecular weight is 498 g/mol. The topological polar surface area (TPSA) is 60.9 Å². The van der Waals surface area contributed by atoms with E-state index in [1.165, 1.54) is 5.56 Å². The summed E-state index contributed by atoms with van der Waals surface area (Å²) in [6, 6.07) is 15.6. The van der Waals surface area contributed by atoms with Crippen LogP contribution in [0.25, 0.3) is 0 Å². The Morgan fingerprint density at radius 3 is 2.53 bits per heavy atom. The van der Waals surface area contributed by atoms with E-state index in [0.717, 1.165) is 47.1 Å². The van der Waals surface area contributed by atoms with E-state index in [4.69, 9.17) is 18.6 Å². The van der Waals surface area contributed by atoms with Crippen LogP contribution in [0.1, 0.15) is 46.7 Å². The molecule has 166 valence electrons. The number of furan rings is 1. The Morgan fingerprint density at radius 1 is 1.09 bits per heavy atom. The predicted molar refractivity (Wildman–Crippen MR) is 114 cm³/mol. The van der Waals surface area contributed by atoms with Crippen molar-refractivity contribution in [3.63, 3.8) is 0 Å². The molecule has 32 heavy (non-hydrogen) atoms. The number of benzene rings is 2. The summed E-state index contributed by atoms with van der Waals surface area (Å²) in [5.74, 6) is 2.08. The first-order chi connectivity index (χ1) is 15.1. The summed E-state index contributed by atoms with van der Waals surface area (Å²) >= 11 is 0. The normalized spacial score (nSPS) is 14.2. The lowest BCUT2D eigenvalue weighted by Crippen LogP contribution is -3.00. The highest BCUT2D eigenvalue weighted by Gasteiger charge is 2.32. The Bertz CT molecular complexity index is 1150. The van der Waals surface area contributed by atoms with E-state index >= 15 is 0 Å². The maximum atomic E-state index is 12.1. The molecule has 0 atom stereocenters. The van der Waals surface area contributed by atoms with Gasteiger partial charge in [-0.3, -0.25) is 0 Å². The third kappa shape index (κ3) is 4.30. The first-order valence-electron chi connectivity index (χ1n) is 10.5. The van der Waals surface area contributed by atoms with Crippen LogP contribution in [0.4, 0.5) is 0 Å². The van der Waals surface area contributed by atoms with Gasteiger partial charge in [-0.25, -0.2) is 9.37 Å². The minimum atomic E-state index is -0.299. The van der Waals surface area contributed by atoms with Crippen LogP contribution in [0.5, 0.6) is 11.5 Å². The molecule has 1 aromatic heterocycles. The summed E-state index contributed by atoms with van der Waals surface area (Å²) in [7, 11) is 0. The van der Waals surface area contributed by atoms with Gasteiger partial charge >= 0.3 is 5.97 Å². The molecule has 3 aromatic rings. The summed E-state index contributed by atoms with van der Waals surface area (Å²) in [4.78, 5) is 12.1. The first kappa shape index (κ1) is 22.1. The number of carbonyl (C=O) groups excluding carboxylic acids is 1. The van der Waals surface area contributed by atoms with E-state index < -0.39 is 0 Å². The zero-order chi connectivity index (χ0) is 21.4. The van der Waals surface area contributed by atoms with Crippen molar-refractivity contribution in [1.29, 1.82) is 0 Å². The van der Waals surface area contributed by atoms with Crippen LogP contribution in [-0.4, -0.2) is 35.7 Å². The molecule has 0 bridgehead atoms. The maximum Gasteiger partial charge on any atom is 0.338 e. The molecule has 6 nitrogen and oxygen atoms in total. The fourth-order valence-corrected chi connectivity index (χ4v) is 4.06. The summed E-state index contributed by atoms with van der Waals surface area (Å²) in [6.45, 7) is 5.49. The van der Waals surface area contributed by atoms with Crippen LogP contribution in [0.15, 0.2) is 59.2 Å². The molecule has 0 amide bonds. The summed E-state index contributed by atoms with van der Waals surface area (Å²) < 4.78 is 24.6. The summed E-state index contributed by atoms with van der Waals surface area (Å²) in [6.07, 6.45) is 2.45. The van der Waals surface area contributed by atoms with Crippen molar-refractivity contribution in [2.24, 2.45) is 0 Å². The maximum absolute atomic E-state index is 12.1. The molecule has 0 saturated carbocycles. The van der Waals surface area contributed by atoms with E-state index in [1.54, 1.807) is 6.26 Å². The lowest BCUT2D eigenvalue weighted by atomic mass is 9.94. The van der Waals surface area contributed by atoms with Gasteiger partial charge in [0.25, 0.3) is 5.71 Å². The van der Waals surface area contributed by atoms with Crippen molar-refractivity contribution in [3.05, 3.63) is 82.8 Å². The zero-order valence-electron chi connectivity index (χ0n) is 18.0.